The molecule has 150 valence electrons. The van der Waals surface area contributed by atoms with Crippen molar-refractivity contribution < 1.29 is 14.3 Å². The van der Waals surface area contributed by atoms with Crippen molar-refractivity contribution >= 4 is 29.9 Å². The molecule has 6 nitrogen and oxygen atoms in total. The highest BCUT2D eigenvalue weighted by Crippen LogP contribution is 2.28. The van der Waals surface area contributed by atoms with E-state index in [0.29, 0.717) is 23.6 Å². The maximum absolute atomic E-state index is 12.8. The van der Waals surface area contributed by atoms with Crippen molar-refractivity contribution in [3.63, 3.8) is 0 Å². The number of halogens is 1. The molecule has 0 aromatic heterocycles. The van der Waals surface area contributed by atoms with Gasteiger partial charge in [-0.2, -0.15) is 0 Å². The maximum atomic E-state index is 12.8. The smallest absolute Gasteiger partial charge is 0.253 e. The molecule has 0 spiro atoms. The van der Waals surface area contributed by atoms with Crippen molar-refractivity contribution in [1.82, 2.24) is 10.2 Å². The first-order valence-corrected chi connectivity index (χ1v) is 9.76. The molecule has 0 bridgehead atoms. The number of nitrogens with zero attached hydrogens (tertiary/aromatic N) is 1. The van der Waals surface area contributed by atoms with Gasteiger partial charge in [0.25, 0.3) is 5.91 Å². The number of carbonyl (C=O) groups excluding carboxylic acids is 2. The van der Waals surface area contributed by atoms with Crippen molar-refractivity contribution in [2.75, 3.05) is 38.1 Å². The van der Waals surface area contributed by atoms with Gasteiger partial charge in [0, 0.05) is 24.6 Å². The summed E-state index contributed by atoms with van der Waals surface area (Å²) in [6, 6.07) is 5.35. The largest absolute Gasteiger partial charge is 0.492 e. The summed E-state index contributed by atoms with van der Waals surface area (Å²) in [5, 5.41) is 6.27. The van der Waals surface area contributed by atoms with E-state index in [-0.39, 0.29) is 30.1 Å². The normalized spacial score (nSPS) is 17.7. The molecule has 2 fully saturated rings. The molecular weight excluding hydrogens is 366 g/mol. The Labute approximate surface area is 167 Å². The quantitative estimate of drug-likeness (QED) is 0.803. The van der Waals surface area contributed by atoms with Crippen LogP contribution >= 0.6 is 12.4 Å². The summed E-state index contributed by atoms with van der Waals surface area (Å²) in [4.78, 5) is 27.3. The molecule has 0 unspecified atom stereocenters. The number of hydrogen-bond donors (Lipinski definition) is 2. The van der Waals surface area contributed by atoms with Gasteiger partial charge in [-0.15, -0.1) is 12.4 Å². The molecule has 2 aliphatic rings. The second-order valence-electron chi connectivity index (χ2n) is 7.01. The number of anilines is 1. The molecule has 2 amide bonds. The molecule has 2 heterocycles. The van der Waals surface area contributed by atoms with E-state index >= 15 is 0 Å². The summed E-state index contributed by atoms with van der Waals surface area (Å²) in [7, 11) is 0. The number of nitrogens with one attached hydrogen (secondary N) is 2. The van der Waals surface area contributed by atoms with Gasteiger partial charge >= 0.3 is 0 Å². The van der Waals surface area contributed by atoms with Crippen LogP contribution in [0.2, 0.25) is 0 Å². The van der Waals surface area contributed by atoms with Crippen LogP contribution in [0.5, 0.6) is 5.75 Å². The number of amides is 2. The first-order chi connectivity index (χ1) is 12.7. The van der Waals surface area contributed by atoms with Crippen LogP contribution in [0, 0.1) is 5.92 Å². The number of benzene rings is 1. The third-order valence-electron chi connectivity index (χ3n) is 5.14. The van der Waals surface area contributed by atoms with Crippen LogP contribution in [0.4, 0.5) is 5.69 Å². The minimum absolute atomic E-state index is 0. The molecular formula is C20H30ClN3O3. The van der Waals surface area contributed by atoms with Gasteiger partial charge < -0.3 is 20.3 Å². The molecule has 1 aromatic carbocycles. The Morgan fingerprint density at radius 2 is 1.89 bits per heavy atom. The fraction of sp³-hybridized carbons (Fsp3) is 0.600. The Balaban J connectivity index is 0.00000261. The molecule has 2 saturated heterocycles. The predicted octanol–water partition coefficient (Wildman–Crippen LogP) is 3.07. The molecule has 7 heteroatoms. The van der Waals surface area contributed by atoms with Crippen LogP contribution in [-0.2, 0) is 4.79 Å². The second-order valence-corrected chi connectivity index (χ2v) is 7.01. The van der Waals surface area contributed by atoms with Crippen molar-refractivity contribution in [3.05, 3.63) is 23.8 Å². The number of piperidine rings is 2. The number of rotatable bonds is 5. The number of likely N-dealkylation sites (tertiary alicyclic amines) is 1. The molecule has 2 N–H and O–H groups in total. The molecule has 0 aliphatic carbocycles. The second kappa shape index (κ2) is 10.5. The average Bonchev–Trinajstić information content (AvgIpc) is 2.70. The van der Waals surface area contributed by atoms with Crippen molar-refractivity contribution in [3.8, 4) is 5.75 Å². The third kappa shape index (κ3) is 5.59. The van der Waals surface area contributed by atoms with Crippen LogP contribution < -0.4 is 15.4 Å². The summed E-state index contributed by atoms with van der Waals surface area (Å²) in [5.74, 6) is 0.664. The van der Waals surface area contributed by atoms with Gasteiger partial charge in [0.15, 0.2) is 0 Å². The van der Waals surface area contributed by atoms with Gasteiger partial charge in [-0.25, -0.2) is 0 Å². The van der Waals surface area contributed by atoms with E-state index in [2.05, 4.69) is 10.6 Å². The van der Waals surface area contributed by atoms with E-state index in [4.69, 9.17) is 4.74 Å². The predicted molar refractivity (Wildman–Crippen MR) is 109 cm³/mol. The standard InChI is InChI=1S/C20H29N3O3.ClH/c1-2-26-18-7-6-16(20(25)23-12-4-3-5-13-23)14-17(18)22-19(24)15-8-10-21-11-9-15;/h6-7,14-15,21H,2-5,8-13H2,1H3,(H,22,24);1H. The van der Waals surface area contributed by atoms with Gasteiger partial charge in [-0.05, 0) is 70.3 Å². The summed E-state index contributed by atoms with van der Waals surface area (Å²) >= 11 is 0. The molecule has 2 aliphatic heterocycles. The lowest BCUT2D eigenvalue weighted by Gasteiger charge is -2.27. The minimum atomic E-state index is 0. The van der Waals surface area contributed by atoms with Gasteiger partial charge in [0.2, 0.25) is 5.91 Å². The molecule has 3 rings (SSSR count). The van der Waals surface area contributed by atoms with Crippen LogP contribution in [-0.4, -0.2) is 49.5 Å². The fourth-order valence-corrected chi connectivity index (χ4v) is 3.64. The fourth-order valence-electron chi connectivity index (χ4n) is 3.64. The average molecular weight is 396 g/mol. The van der Waals surface area contributed by atoms with E-state index in [9.17, 15) is 9.59 Å². The zero-order valence-corrected chi connectivity index (χ0v) is 16.8. The summed E-state index contributed by atoms with van der Waals surface area (Å²) in [6.45, 7) is 5.76. The number of carbonyl (C=O) groups is 2. The zero-order valence-electron chi connectivity index (χ0n) is 16.0. The monoisotopic (exact) mass is 395 g/mol. The highest BCUT2D eigenvalue weighted by Gasteiger charge is 2.23. The molecule has 0 radical (unpaired) electrons. The molecule has 0 saturated carbocycles. The van der Waals surface area contributed by atoms with Crippen LogP contribution in [0.25, 0.3) is 0 Å². The number of ether oxygens (including phenoxy) is 1. The van der Waals surface area contributed by atoms with Crippen LogP contribution in [0.1, 0.15) is 49.4 Å². The molecule has 27 heavy (non-hydrogen) atoms. The topological polar surface area (TPSA) is 70.7 Å². The lowest BCUT2D eigenvalue weighted by molar-refractivity contribution is -0.120. The third-order valence-corrected chi connectivity index (χ3v) is 5.14. The lowest BCUT2D eigenvalue weighted by atomic mass is 9.97. The zero-order chi connectivity index (χ0) is 18.4. The summed E-state index contributed by atoms with van der Waals surface area (Å²) in [5.41, 5.74) is 1.20. The van der Waals surface area contributed by atoms with Gasteiger partial charge in [0.05, 0.1) is 12.3 Å². The van der Waals surface area contributed by atoms with E-state index in [1.807, 2.05) is 11.8 Å². The summed E-state index contributed by atoms with van der Waals surface area (Å²) in [6.07, 6.45) is 4.97. The first-order valence-electron chi connectivity index (χ1n) is 9.76. The van der Waals surface area contributed by atoms with Crippen LogP contribution in [0.15, 0.2) is 18.2 Å². The Morgan fingerprint density at radius 1 is 1.19 bits per heavy atom. The Kier molecular flexibility index (Phi) is 8.38. The van der Waals surface area contributed by atoms with Crippen molar-refractivity contribution in [2.45, 2.75) is 39.0 Å². The lowest BCUT2D eigenvalue weighted by Crippen LogP contribution is -2.36. The SMILES string of the molecule is CCOc1ccc(C(=O)N2CCCCC2)cc1NC(=O)C1CCNCC1.Cl. The van der Waals surface area contributed by atoms with Gasteiger partial charge in [-0.3, -0.25) is 9.59 Å². The number of hydrogen-bond acceptors (Lipinski definition) is 4. The molecule has 0 atom stereocenters. The highest BCUT2D eigenvalue weighted by atomic mass is 35.5. The summed E-state index contributed by atoms with van der Waals surface area (Å²) < 4.78 is 5.65. The molecule has 1 aromatic rings. The van der Waals surface area contributed by atoms with E-state index in [1.54, 1.807) is 18.2 Å². The van der Waals surface area contributed by atoms with Gasteiger partial charge in [0.1, 0.15) is 5.75 Å². The van der Waals surface area contributed by atoms with Crippen molar-refractivity contribution in [2.24, 2.45) is 5.92 Å². The Morgan fingerprint density at radius 3 is 2.56 bits per heavy atom. The van der Waals surface area contributed by atoms with Gasteiger partial charge in [-0.1, -0.05) is 0 Å². The van der Waals surface area contributed by atoms with Crippen molar-refractivity contribution in [1.29, 1.82) is 0 Å². The van der Waals surface area contributed by atoms with E-state index < -0.39 is 0 Å². The highest BCUT2D eigenvalue weighted by molar-refractivity contribution is 5.99. The Bertz CT molecular complexity index is 641. The maximum Gasteiger partial charge on any atom is 0.253 e. The van der Waals surface area contributed by atoms with Crippen LogP contribution in [0.3, 0.4) is 0 Å². The van der Waals surface area contributed by atoms with E-state index in [1.165, 1.54) is 6.42 Å². The van der Waals surface area contributed by atoms with E-state index in [0.717, 1.165) is 51.9 Å². The first kappa shape index (κ1) is 21.5. The Hall–Kier alpha value is -1.79. The minimum Gasteiger partial charge on any atom is -0.492 e.